The Morgan fingerprint density at radius 3 is 2.59 bits per heavy atom. The molecule has 1 atom stereocenters. The maximum atomic E-state index is 13.0. The van der Waals surface area contributed by atoms with Gasteiger partial charge in [-0.25, -0.2) is 4.79 Å². The minimum absolute atomic E-state index is 0.208. The first kappa shape index (κ1) is 21.9. The first-order valence-electron chi connectivity index (χ1n) is 9.33. The molecule has 0 saturated carbocycles. The summed E-state index contributed by atoms with van der Waals surface area (Å²) in [4.78, 5) is 25.2. The molecule has 6 nitrogen and oxygen atoms in total. The van der Waals surface area contributed by atoms with E-state index in [0.29, 0.717) is 36.2 Å². The van der Waals surface area contributed by atoms with E-state index in [2.05, 4.69) is 35.6 Å². The topological polar surface area (TPSA) is 62.5 Å². The van der Waals surface area contributed by atoms with Crippen molar-refractivity contribution in [1.29, 1.82) is 0 Å². The molecule has 0 amide bonds. The van der Waals surface area contributed by atoms with Gasteiger partial charge < -0.3 is 18.6 Å². The molecule has 0 N–H and O–H groups in total. The van der Waals surface area contributed by atoms with Gasteiger partial charge in [0.25, 0.3) is 5.56 Å². The number of fused-ring (bicyclic) bond motifs is 1. The molecule has 2 heterocycles. The Labute approximate surface area is 169 Å². The highest BCUT2D eigenvalue weighted by Gasteiger charge is 2.23. The standard InChI is InChI=1S/C19H29BrN2O4Si/c1-6-15(19(24)26-7-2)22-9-8-16-17(18(22)23)14(20)12-21(16)13-25-10-11-27(3,4)5/h8-9,12,15H,6-7,10-11,13H2,1-5H3. The van der Waals surface area contributed by atoms with E-state index in [-0.39, 0.29) is 11.5 Å². The lowest BCUT2D eigenvalue weighted by atomic mass is 10.2. The fraction of sp³-hybridized carbons (Fsp3) is 0.579. The average Bonchev–Trinajstić information content (AvgIpc) is 2.90. The lowest BCUT2D eigenvalue weighted by Crippen LogP contribution is -2.30. The number of hydrogen-bond acceptors (Lipinski definition) is 4. The molecular weight excluding hydrogens is 428 g/mol. The van der Waals surface area contributed by atoms with Crippen LogP contribution in [0, 0.1) is 0 Å². The lowest BCUT2D eigenvalue weighted by molar-refractivity contribution is -0.147. The Kier molecular flexibility index (Phi) is 7.47. The van der Waals surface area contributed by atoms with E-state index in [1.54, 1.807) is 13.1 Å². The van der Waals surface area contributed by atoms with Gasteiger partial charge in [-0.3, -0.25) is 4.79 Å². The van der Waals surface area contributed by atoms with Gasteiger partial charge in [-0.2, -0.15) is 0 Å². The van der Waals surface area contributed by atoms with Crippen LogP contribution < -0.4 is 5.56 Å². The number of nitrogens with zero attached hydrogens (tertiary/aromatic N) is 2. The number of rotatable bonds is 9. The molecule has 0 aliphatic rings. The van der Waals surface area contributed by atoms with E-state index < -0.39 is 14.1 Å². The van der Waals surface area contributed by atoms with Gasteiger partial charge in [0.2, 0.25) is 0 Å². The zero-order valence-electron chi connectivity index (χ0n) is 16.8. The largest absolute Gasteiger partial charge is 0.464 e. The van der Waals surface area contributed by atoms with Crippen molar-refractivity contribution in [2.24, 2.45) is 0 Å². The van der Waals surface area contributed by atoms with Crippen LogP contribution in [0.5, 0.6) is 0 Å². The normalized spacial score (nSPS) is 13.1. The second-order valence-electron chi connectivity index (χ2n) is 7.76. The predicted molar refractivity (Wildman–Crippen MR) is 114 cm³/mol. The van der Waals surface area contributed by atoms with Crippen molar-refractivity contribution < 1.29 is 14.3 Å². The molecule has 0 radical (unpaired) electrons. The minimum atomic E-state index is -1.14. The summed E-state index contributed by atoms with van der Waals surface area (Å²) in [6.45, 7) is 12.0. The lowest BCUT2D eigenvalue weighted by Gasteiger charge is -2.17. The molecule has 1 unspecified atom stereocenters. The first-order chi connectivity index (χ1) is 12.7. The summed E-state index contributed by atoms with van der Waals surface area (Å²) in [6.07, 6.45) is 4.01. The Morgan fingerprint density at radius 2 is 2.00 bits per heavy atom. The van der Waals surface area contributed by atoms with E-state index in [1.807, 2.05) is 23.8 Å². The minimum Gasteiger partial charge on any atom is -0.464 e. The molecule has 0 aliphatic heterocycles. The van der Waals surface area contributed by atoms with Crippen LogP contribution in [0.25, 0.3) is 10.9 Å². The number of carbonyl (C=O) groups is 1. The molecule has 0 aliphatic carbocycles. The Bertz CT molecular complexity index is 854. The zero-order valence-corrected chi connectivity index (χ0v) is 19.3. The van der Waals surface area contributed by atoms with Gasteiger partial charge in [-0.05, 0) is 41.4 Å². The van der Waals surface area contributed by atoms with Gasteiger partial charge in [0.1, 0.15) is 12.8 Å². The summed E-state index contributed by atoms with van der Waals surface area (Å²) < 4.78 is 15.0. The van der Waals surface area contributed by atoms with Crippen molar-refractivity contribution in [2.75, 3.05) is 13.2 Å². The summed E-state index contributed by atoms with van der Waals surface area (Å²) in [5.41, 5.74) is 0.579. The predicted octanol–water partition coefficient (Wildman–Crippen LogP) is 4.39. The molecule has 27 heavy (non-hydrogen) atoms. The van der Waals surface area contributed by atoms with Gasteiger partial charge >= 0.3 is 5.97 Å². The summed E-state index contributed by atoms with van der Waals surface area (Å²) in [7, 11) is -1.14. The SMILES string of the molecule is CCOC(=O)C(CC)n1ccc2c(c(Br)cn2COCC[Si](C)(C)C)c1=O. The summed E-state index contributed by atoms with van der Waals surface area (Å²) in [5, 5.41) is 0.550. The first-order valence-corrected chi connectivity index (χ1v) is 13.8. The van der Waals surface area contributed by atoms with E-state index in [4.69, 9.17) is 9.47 Å². The maximum absolute atomic E-state index is 13.0. The van der Waals surface area contributed by atoms with Crippen LogP contribution in [0.1, 0.15) is 26.3 Å². The van der Waals surface area contributed by atoms with Crippen molar-refractivity contribution in [1.82, 2.24) is 9.13 Å². The molecular formula is C19H29BrN2O4Si. The molecule has 0 fully saturated rings. The van der Waals surface area contributed by atoms with Crippen molar-refractivity contribution in [2.45, 2.75) is 58.7 Å². The van der Waals surface area contributed by atoms with Crippen molar-refractivity contribution in [3.8, 4) is 0 Å². The van der Waals surface area contributed by atoms with Crippen LogP contribution >= 0.6 is 15.9 Å². The van der Waals surface area contributed by atoms with E-state index >= 15 is 0 Å². The third-order valence-corrected chi connectivity index (χ3v) is 6.73. The number of carbonyl (C=O) groups excluding carboxylic acids is 1. The van der Waals surface area contributed by atoms with Crippen molar-refractivity contribution in [3.63, 3.8) is 0 Å². The fourth-order valence-corrected chi connectivity index (χ4v) is 4.26. The van der Waals surface area contributed by atoms with Crippen molar-refractivity contribution in [3.05, 3.63) is 33.3 Å². The smallest absolute Gasteiger partial charge is 0.329 e. The molecule has 0 saturated heterocycles. The fourth-order valence-electron chi connectivity index (χ4n) is 2.88. The van der Waals surface area contributed by atoms with Gasteiger partial charge in [0, 0.05) is 31.5 Å². The molecule has 150 valence electrons. The number of pyridine rings is 1. The van der Waals surface area contributed by atoms with Crippen LogP contribution in [0.4, 0.5) is 0 Å². The van der Waals surface area contributed by atoms with E-state index in [0.717, 1.165) is 11.6 Å². The molecule has 0 aromatic carbocycles. The van der Waals surface area contributed by atoms with Crippen LogP contribution in [0.3, 0.4) is 0 Å². The van der Waals surface area contributed by atoms with Crippen LogP contribution in [0.2, 0.25) is 25.7 Å². The Morgan fingerprint density at radius 1 is 1.30 bits per heavy atom. The molecule has 8 heteroatoms. The van der Waals surface area contributed by atoms with Gasteiger partial charge in [-0.1, -0.05) is 26.6 Å². The zero-order chi connectivity index (χ0) is 20.2. The van der Waals surface area contributed by atoms with Gasteiger partial charge in [-0.15, -0.1) is 0 Å². The second kappa shape index (κ2) is 9.21. The van der Waals surface area contributed by atoms with E-state index in [9.17, 15) is 9.59 Å². The number of hydrogen-bond donors (Lipinski definition) is 0. The van der Waals surface area contributed by atoms with Gasteiger partial charge in [0.05, 0.1) is 17.5 Å². The quantitative estimate of drug-likeness (QED) is 0.318. The highest BCUT2D eigenvalue weighted by Crippen LogP contribution is 2.24. The van der Waals surface area contributed by atoms with Crippen LogP contribution in [-0.4, -0.2) is 36.4 Å². The molecule has 2 aromatic rings. The highest BCUT2D eigenvalue weighted by atomic mass is 79.9. The molecule has 2 aromatic heterocycles. The Hall–Kier alpha value is -1.38. The molecule has 2 rings (SSSR count). The summed E-state index contributed by atoms with van der Waals surface area (Å²) in [5.74, 6) is -0.383. The van der Waals surface area contributed by atoms with E-state index in [1.165, 1.54) is 4.57 Å². The number of esters is 1. The summed E-state index contributed by atoms with van der Waals surface area (Å²) >= 11 is 3.48. The van der Waals surface area contributed by atoms with Crippen molar-refractivity contribution >= 4 is 40.9 Å². The summed E-state index contributed by atoms with van der Waals surface area (Å²) in [6, 6.07) is 2.33. The molecule has 0 spiro atoms. The monoisotopic (exact) mass is 456 g/mol. The number of halogens is 1. The third kappa shape index (κ3) is 5.33. The third-order valence-electron chi connectivity index (χ3n) is 4.42. The maximum Gasteiger partial charge on any atom is 0.329 e. The second-order valence-corrected chi connectivity index (χ2v) is 14.2. The Balaban J connectivity index is 2.29. The number of aromatic nitrogens is 2. The highest BCUT2D eigenvalue weighted by molar-refractivity contribution is 9.10. The van der Waals surface area contributed by atoms with Crippen LogP contribution in [0.15, 0.2) is 27.7 Å². The molecule has 0 bridgehead atoms. The average molecular weight is 457 g/mol. The van der Waals surface area contributed by atoms with Gasteiger partial charge in [0.15, 0.2) is 0 Å². The number of ether oxygens (including phenoxy) is 2. The van der Waals surface area contributed by atoms with Crippen LogP contribution in [-0.2, 0) is 21.0 Å².